The van der Waals surface area contributed by atoms with Crippen molar-refractivity contribution in [2.75, 3.05) is 12.3 Å². The Labute approximate surface area is 111 Å². The standard InChI is InChI=1S/C13H16N2O2S/c16-12-7-6-11(15-12)13(17)14-8-9-18-10-4-2-1-3-5-10/h1-5,11H,6-9H2,(H,14,17)(H,15,16)/t11-/m0/s1. The number of carbonyl (C=O) groups is 2. The van der Waals surface area contributed by atoms with Crippen LogP contribution in [0.25, 0.3) is 0 Å². The average molecular weight is 264 g/mol. The Morgan fingerprint density at radius 1 is 1.39 bits per heavy atom. The molecule has 1 aliphatic rings. The Bertz CT molecular complexity index is 422. The molecule has 5 heteroatoms. The Hall–Kier alpha value is -1.49. The number of hydrogen-bond acceptors (Lipinski definition) is 3. The van der Waals surface area contributed by atoms with E-state index in [2.05, 4.69) is 10.6 Å². The highest BCUT2D eigenvalue weighted by molar-refractivity contribution is 7.99. The van der Waals surface area contributed by atoms with Crippen molar-refractivity contribution in [2.24, 2.45) is 0 Å². The molecule has 0 aliphatic carbocycles. The molecule has 96 valence electrons. The molecule has 1 aromatic rings. The van der Waals surface area contributed by atoms with Crippen LogP contribution in [0.3, 0.4) is 0 Å². The lowest BCUT2D eigenvalue weighted by molar-refractivity contribution is -0.125. The number of hydrogen-bond donors (Lipinski definition) is 2. The lowest BCUT2D eigenvalue weighted by Crippen LogP contribution is -2.42. The van der Waals surface area contributed by atoms with Gasteiger partial charge in [0.1, 0.15) is 6.04 Å². The van der Waals surface area contributed by atoms with Crippen molar-refractivity contribution in [2.45, 2.75) is 23.8 Å². The quantitative estimate of drug-likeness (QED) is 0.620. The molecule has 1 aromatic carbocycles. The molecule has 0 aromatic heterocycles. The van der Waals surface area contributed by atoms with Gasteiger partial charge in [0, 0.05) is 23.6 Å². The molecule has 1 aliphatic heterocycles. The van der Waals surface area contributed by atoms with Gasteiger partial charge in [-0.1, -0.05) is 18.2 Å². The predicted molar refractivity (Wildman–Crippen MR) is 71.3 cm³/mol. The summed E-state index contributed by atoms with van der Waals surface area (Å²) in [6.07, 6.45) is 1.06. The van der Waals surface area contributed by atoms with E-state index in [9.17, 15) is 9.59 Å². The van der Waals surface area contributed by atoms with E-state index in [0.29, 0.717) is 19.4 Å². The SMILES string of the molecule is O=C1CC[C@@H](C(=O)NCCSc2ccccc2)N1. The van der Waals surface area contributed by atoms with Gasteiger partial charge in [0.2, 0.25) is 11.8 Å². The zero-order valence-electron chi connectivity index (χ0n) is 10.0. The highest BCUT2D eigenvalue weighted by Gasteiger charge is 2.26. The van der Waals surface area contributed by atoms with Crippen molar-refractivity contribution in [3.8, 4) is 0 Å². The molecule has 1 saturated heterocycles. The summed E-state index contributed by atoms with van der Waals surface area (Å²) >= 11 is 1.70. The summed E-state index contributed by atoms with van der Waals surface area (Å²) in [6.45, 7) is 0.616. The molecule has 0 radical (unpaired) electrons. The number of amides is 2. The number of carbonyl (C=O) groups excluding carboxylic acids is 2. The van der Waals surface area contributed by atoms with Crippen LogP contribution in [0.5, 0.6) is 0 Å². The first-order valence-electron chi connectivity index (χ1n) is 6.00. The summed E-state index contributed by atoms with van der Waals surface area (Å²) in [7, 11) is 0. The van der Waals surface area contributed by atoms with E-state index in [0.717, 1.165) is 5.75 Å². The van der Waals surface area contributed by atoms with Gasteiger partial charge in [-0.25, -0.2) is 0 Å². The lowest BCUT2D eigenvalue weighted by Gasteiger charge is -2.10. The third kappa shape index (κ3) is 3.77. The van der Waals surface area contributed by atoms with Crippen LogP contribution >= 0.6 is 11.8 Å². The molecular formula is C13H16N2O2S. The zero-order chi connectivity index (χ0) is 12.8. The van der Waals surface area contributed by atoms with Crippen LogP contribution in [0.4, 0.5) is 0 Å². The second kappa shape index (κ2) is 6.44. The topological polar surface area (TPSA) is 58.2 Å². The average Bonchev–Trinajstić information content (AvgIpc) is 2.82. The molecule has 4 nitrogen and oxygen atoms in total. The van der Waals surface area contributed by atoms with Gasteiger partial charge in [-0.15, -0.1) is 11.8 Å². The van der Waals surface area contributed by atoms with Crippen molar-refractivity contribution in [1.82, 2.24) is 10.6 Å². The van der Waals surface area contributed by atoms with E-state index in [4.69, 9.17) is 0 Å². The van der Waals surface area contributed by atoms with E-state index < -0.39 is 0 Å². The first-order valence-corrected chi connectivity index (χ1v) is 6.99. The van der Waals surface area contributed by atoms with Crippen molar-refractivity contribution in [3.05, 3.63) is 30.3 Å². The highest BCUT2D eigenvalue weighted by Crippen LogP contribution is 2.15. The van der Waals surface area contributed by atoms with Gasteiger partial charge in [-0.3, -0.25) is 9.59 Å². The monoisotopic (exact) mass is 264 g/mol. The first-order chi connectivity index (χ1) is 8.75. The van der Waals surface area contributed by atoms with Crippen LogP contribution in [0.15, 0.2) is 35.2 Å². The molecule has 18 heavy (non-hydrogen) atoms. The fraction of sp³-hybridized carbons (Fsp3) is 0.385. The molecule has 0 bridgehead atoms. The van der Waals surface area contributed by atoms with Crippen molar-refractivity contribution in [1.29, 1.82) is 0 Å². The summed E-state index contributed by atoms with van der Waals surface area (Å²) in [5.41, 5.74) is 0. The van der Waals surface area contributed by atoms with E-state index in [1.807, 2.05) is 30.3 Å². The van der Waals surface area contributed by atoms with E-state index >= 15 is 0 Å². The maximum atomic E-state index is 11.7. The van der Waals surface area contributed by atoms with Crippen LogP contribution in [-0.4, -0.2) is 30.2 Å². The summed E-state index contributed by atoms with van der Waals surface area (Å²) < 4.78 is 0. The molecule has 1 fully saturated rings. The minimum Gasteiger partial charge on any atom is -0.353 e. The third-order valence-corrected chi connectivity index (χ3v) is 3.74. The van der Waals surface area contributed by atoms with Gasteiger partial charge >= 0.3 is 0 Å². The minimum absolute atomic E-state index is 0.0335. The number of nitrogens with one attached hydrogen (secondary N) is 2. The third-order valence-electron chi connectivity index (χ3n) is 2.73. The second-order valence-corrected chi connectivity index (χ2v) is 5.28. The van der Waals surface area contributed by atoms with Gasteiger partial charge in [0.15, 0.2) is 0 Å². The maximum Gasteiger partial charge on any atom is 0.242 e. The Morgan fingerprint density at radius 3 is 2.83 bits per heavy atom. The van der Waals surface area contributed by atoms with Gasteiger partial charge in [-0.2, -0.15) is 0 Å². The molecule has 0 spiro atoms. The number of thioether (sulfide) groups is 1. The van der Waals surface area contributed by atoms with Crippen LogP contribution in [0.1, 0.15) is 12.8 Å². The van der Waals surface area contributed by atoms with Crippen LogP contribution in [0.2, 0.25) is 0 Å². The Morgan fingerprint density at radius 2 is 2.17 bits per heavy atom. The van der Waals surface area contributed by atoms with Crippen LogP contribution < -0.4 is 10.6 Å². The molecule has 1 atom stereocenters. The highest BCUT2D eigenvalue weighted by atomic mass is 32.2. The van der Waals surface area contributed by atoms with E-state index in [1.165, 1.54) is 4.90 Å². The fourth-order valence-electron chi connectivity index (χ4n) is 1.79. The van der Waals surface area contributed by atoms with Gasteiger partial charge in [0.25, 0.3) is 0 Å². The normalized spacial score (nSPS) is 18.4. The smallest absolute Gasteiger partial charge is 0.242 e. The number of benzene rings is 1. The Kier molecular flexibility index (Phi) is 4.64. The van der Waals surface area contributed by atoms with Crippen LogP contribution in [0, 0.1) is 0 Å². The molecule has 0 unspecified atom stereocenters. The number of rotatable bonds is 5. The summed E-state index contributed by atoms with van der Waals surface area (Å²) in [5, 5.41) is 5.50. The molecule has 2 amide bonds. The molecular weight excluding hydrogens is 248 g/mol. The molecule has 2 N–H and O–H groups in total. The first kappa shape index (κ1) is 13.0. The van der Waals surface area contributed by atoms with Gasteiger partial charge in [0.05, 0.1) is 0 Å². The summed E-state index contributed by atoms with van der Waals surface area (Å²) in [6, 6.07) is 9.73. The molecule has 1 heterocycles. The van der Waals surface area contributed by atoms with E-state index in [1.54, 1.807) is 11.8 Å². The summed E-state index contributed by atoms with van der Waals surface area (Å²) in [4.78, 5) is 23.8. The molecule has 2 rings (SSSR count). The van der Waals surface area contributed by atoms with Crippen LogP contribution in [-0.2, 0) is 9.59 Å². The lowest BCUT2D eigenvalue weighted by atomic mass is 10.2. The predicted octanol–water partition coefficient (Wildman–Crippen LogP) is 1.17. The fourth-order valence-corrected chi connectivity index (χ4v) is 2.58. The zero-order valence-corrected chi connectivity index (χ0v) is 10.8. The maximum absolute atomic E-state index is 11.7. The Balaban J connectivity index is 1.63. The van der Waals surface area contributed by atoms with Gasteiger partial charge < -0.3 is 10.6 Å². The van der Waals surface area contributed by atoms with E-state index in [-0.39, 0.29) is 17.9 Å². The molecule has 0 saturated carbocycles. The van der Waals surface area contributed by atoms with Gasteiger partial charge in [-0.05, 0) is 18.6 Å². The largest absolute Gasteiger partial charge is 0.353 e. The second-order valence-electron chi connectivity index (χ2n) is 4.11. The minimum atomic E-state index is -0.334. The van der Waals surface area contributed by atoms with Crippen molar-refractivity contribution in [3.63, 3.8) is 0 Å². The van der Waals surface area contributed by atoms with Crippen molar-refractivity contribution >= 4 is 23.6 Å². The summed E-state index contributed by atoms with van der Waals surface area (Å²) in [5.74, 6) is 0.722. The van der Waals surface area contributed by atoms with Crippen molar-refractivity contribution < 1.29 is 9.59 Å².